The molecule has 8 heteroatoms. The Labute approximate surface area is 180 Å². The maximum Gasteiger partial charge on any atom is 0.267 e. The lowest BCUT2D eigenvalue weighted by atomic mass is 10.0. The molecule has 1 aliphatic heterocycles. The molecule has 1 saturated heterocycles. The van der Waals surface area contributed by atoms with Gasteiger partial charge in [0.1, 0.15) is 6.04 Å². The maximum absolute atomic E-state index is 14.1. The van der Waals surface area contributed by atoms with E-state index in [0.717, 1.165) is 21.6 Å². The summed E-state index contributed by atoms with van der Waals surface area (Å²) in [6.07, 6.45) is 0.155. The van der Waals surface area contributed by atoms with E-state index < -0.39 is 42.8 Å². The van der Waals surface area contributed by atoms with Gasteiger partial charge in [0.15, 0.2) is 0 Å². The lowest BCUT2D eigenvalue weighted by Crippen LogP contribution is -2.51. The van der Waals surface area contributed by atoms with Crippen molar-refractivity contribution in [2.75, 3.05) is 6.54 Å². The van der Waals surface area contributed by atoms with Crippen LogP contribution in [0.4, 0.5) is 8.78 Å². The van der Waals surface area contributed by atoms with E-state index in [-0.39, 0.29) is 6.54 Å². The molecule has 31 heavy (non-hydrogen) atoms. The van der Waals surface area contributed by atoms with Crippen molar-refractivity contribution >= 4 is 11.8 Å². The van der Waals surface area contributed by atoms with Crippen LogP contribution in [0, 0.1) is 0 Å². The fraction of sp³-hybridized carbons (Fsp3) is 0.391. The average Bonchev–Trinajstić information content (AvgIpc) is 3.11. The number of carbonyl (C=O) groups excluding carboxylic acids is 2. The van der Waals surface area contributed by atoms with Crippen molar-refractivity contribution in [3.05, 3.63) is 71.3 Å². The molecule has 3 rings (SSSR count). The van der Waals surface area contributed by atoms with Gasteiger partial charge < -0.3 is 21.7 Å². The highest BCUT2D eigenvalue weighted by molar-refractivity contribution is 5.90. The van der Waals surface area contributed by atoms with E-state index in [4.69, 9.17) is 11.5 Å². The van der Waals surface area contributed by atoms with Crippen LogP contribution in [0.2, 0.25) is 0 Å². The number of aryl methyl sites for hydroxylation is 1. The van der Waals surface area contributed by atoms with Crippen molar-refractivity contribution in [3.8, 4) is 0 Å². The zero-order valence-corrected chi connectivity index (χ0v) is 17.3. The third kappa shape index (κ3) is 6.08. The number of likely N-dealkylation sites (tertiary alicyclic amines) is 1. The minimum absolute atomic E-state index is 0.174. The molecule has 2 aromatic carbocycles. The third-order valence-electron chi connectivity index (χ3n) is 5.49. The van der Waals surface area contributed by atoms with Crippen LogP contribution in [0.15, 0.2) is 54.6 Å². The molecule has 166 valence electrons. The van der Waals surface area contributed by atoms with Crippen LogP contribution in [0.3, 0.4) is 0 Å². The first kappa shape index (κ1) is 22.8. The van der Waals surface area contributed by atoms with Gasteiger partial charge in [0, 0.05) is 19.5 Å². The predicted octanol–water partition coefficient (Wildman–Crippen LogP) is 1.96. The van der Waals surface area contributed by atoms with Crippen LogP contribution in [-0.4, -0.2) is 41.3 Å². The number of hydrogen-bond donors (Lipinski definition) is 3. The van der Waals surface area contributed by atoms with Crippen molar-refractivity contribution < 1.29 is 18.4 Å². The van der Waals surface area contributed by atoms with Crippen molar-refractivity contribution in [2.45, 2.75) is 50.4 Å². The van der Waals surface area contributed by atoms with E-state index in [1.165, 1.54) is 0 Å². The Morgan fingerprint density at radius 3 is 2.35 bits per heavy atom. The molecule has 2 atom stereocenters. The van der Waals surface area contributed by atoms with Gasteiger partial charge in [-0.3, -0.25) is 9.59 Å². The molecule has 2 unspecified atom stereocenters. The number of alkyl halides is 2. The summed E-state index contributed by atoms with van der Waals surface area (Å²) in [5.41, 5.74) is 14.3. The molecule has 5 N–H and O–H groups in total. The van der Waals surface area contributed by atoms with Gasteiger partial charge in [0.05, 0.1) is 12.6 Å². The smallest absolute Gasteiger partial charge is 0.267 e. The van der Waals surface area contributed by atoms with E-state index in [2.05, 4.69) is 5.32 Å². The monoisotopic (exact) mass is 430 g/mol. The zero-order valence-electron chi connectivity index (χ0n) is 17.3. The summed E-state index contributed by atoms with van der Waals surface area (Å²) >= 11 is 0. The molecule has 0 aliphatic carbocycles. The fourth-order valence-electron chi connectivity index (χ4n) is 3.69. The van der Waals surface area contributed by atoms with Gasteiger partial charge in [0.25, 0.3) is 5.92 Å². The van der Waals surface area contributed by atoms with E-state index in [9.17, 15) is 18.4 Å². The number of amides is 2. The lowest BCUT2D eigenvalue weighted by molar-refractivity contribution is -0.140. The molecule has 6 nitrogen and oxygen atoms in total. The number of nitrogens with two attached hydrogens (primary N) is 2. The summed E-state index contributed by atoms with van der Waals surface area (Å²) in [5, 5.41) is 2.66. The largest absolute Gasteiger partial charge is 0.350 e. The standard InChI is InChI=1S/C23H28F2N4O2/c24-23(25)12-20(21(30)28-14-18-8-6-17(13-26)7-9-18)29(15-23)22(31)19(27)11-10-16-4-2-1-3-5-16/h1-9,19-20H,10-15,26-27H2,(H,28,30). The van der Waals surface area contributed by atoms with Crippen LogP contribution >= 0.6 is 0 Å². The highest BCUT2D eigenvalue weighted by Gasteiger charge is 2.50. The number of benzene rings is 2. The van der Waals surface area contributed by atoms with Crippen molar-refractivity contribution in [1.82, 2.24) is 10.2 Å². The lowest BCUT2D eigenvalue weighted by Gasteiger charge is -2.26. The second-order valence-electron chi connectivity index (χ2n) is 7.91. The van der Waals surface area contributed by atoms with Gasteiger partial charge in [0.2, 0.25) is 11.8 Å². The molecule has 1 fully saturated rings. The number of halogens is 2. The highest BCUT2D eigenvalue weighted by atomic mass is 19.3. The average molecular weight is 430 g/mol. The molecule has 0 saturated carbocycles. The number of nitrogens with zero attached hydrogens (tertiary/aromatic N) is 1. The van der Waals surface area contributed by atoms with Gasteiger partial charge >= 0.3 is 0 Å². The molecular formula is C23H28F2N4O2. The van der Waals surface area contributed by atoms with E-state index in [1.807, 2.05) is 54.6 Å². The minimum Gasteiger partial charge on any atom is -0.350 e. The molecule has 0 bridgehead atoms. The van der Waals surface area contributed by atoms with E-state index in [0.29, 0.717) is 19.4 Å². The summed E-state index contributed by atoms with van der Waals surface area (Å²) in [6.45, 7) is -0.215. The van der Waals surface area contributed by atoms with Gasteiger partial charge in [-0.25, -0.2) is 8.78 Å². The van der Waals surface area contributed by atoms with Crippen LogP contribution in [0.5, 0.6) is 0 Å². The third-order valence-corrected chi connectivity index (χ3v) is 5.49. The number of nitrogens with one attached hydrogen (secondary N) is 1. The quantitative estimate of drug-likeness (QED) is 0.596. The normalized spacial score (nSPS) is 18.6. The van der Waals surface area contributed by atoms with Crippen molar-refractivity contribution in [2.24, 2.45) is 11.5 Å². The summed E-state index contributed by atoms with van der Waals surface area (Å²) < 4.78 is 28.2. The second-order valence-corrected chi connectivity index (χ2v) is 7.91. The Kier molecular flexibility index (Phi) is 7.35. The molecule has 1 aliphatic rings. The van der Waals surface area contributed by atoms with Crippen LogP contribution in [0.1, 0.15) is 29.5 Å². The number of hydrogen-bond acceptors (Lipinski definition) is 4. The van der Waals surface area contributed by atoms with Crippen molar-refractivity contribution in [3.63, 3.8) is 0 Å². The van der Waals surface area contributed by atoms with Crippen molar-refractivity contribution in [1.29, 1.82) is 0 Å². The van der Waals surface area contributed by atoms with Gasteiger partial charge in [-0.15, -0.1) is 0 Å². The Bertz CT molecular complexity index is 890. The Hall–Kier alpha value is -2.84. The minimum atomic E-state index is -3.13. The number of rotatable bonds is 8. The molecule has 1 heterocycles. The highest BCUT2D eigenvalue weighted by Crippen LogP contribution is 2.32. The molecule has 0 aromatic heterocycles. The number of carbonyl (C=O) groups is 2. The van der Waals surface area contributed by atoms with Gasteiger partial charge in [-0.1, -0.05) is 54.6 Å². The Balaban J connectivity index is 1.60. The van der Waals surface area contributed by atoms with Gasteiger partial charge in [-0.05, 0) is 29.5 Å². The summed E-state index contributed by atoms with van der Waals surface area (Å²) in [6, 6.07) is 14.6. The maximum atomic E-state index is 14.1. The summed E-state index contributed by atoms with van der Waals surface area (Å²) in [4.78, 5) is 26.4. The molecule has 0 radical (unpaired) electrons. The first-order chi connectivity index (χ1) is 14.8. The molecule has 2 amide bonds. The zero-order chi connectivity index (χ0) is 22.4. The first-order valence-corrected chi connectivity index (χ1v) is 10.3. The predicted molar refractivity (Wildman–Crippen MR) is 114 cm³/mol. The molecule has 2 aromatic rings. The second kappa shape index (κ2) is 9.98. The topological polar surface area (TPSA) is 101 Å². The van der Waals surface area contributed by atoms with Gasteiger partial charge in [-0.2, -0.15) is 0 Å². The first-order valence-electron chi connectivity index (χ1n) is 10.3. The van der Waals surface area contributed by atoms with Crippen LogP contribution < -0.4 is 16.8 Å². The van der Waals surface area contributed by atoms with Crippen LogP contribution in [-0.2, 0) is 29.1 Å². The Morgan fingerprint density at radius 2 is 1.71 bits per heavy atom. The van der Waals surface area contributed by atoms with Crippen LogP contribution in [0.25, 0.3) is 0 Å². The Morgan fingerprint density at radius 1 is 1.06 bits per heavy atom. The summed E-state index contributed by atoms with van der Waals surface area (Å²) in [7, 11) is 0. The summed E-state index contributed by atoms with van der Waals surface area (Å²) in [5.74, 6) is -4.36. The van der Waals surface area contributed by atoms with E-state index in [1.54, 1.807) is 0 Å². The molecule has 0 spiro atoms. The van der Waals surface area contributed by atoms with E-state index >= 15 is 0 Å². The fourth-order valence-corrected chi connectivity index (χ4v) is 3.69. The SMILES string of the molecule is NCc1ccc(CNC(=O)C2CC(F)(F)CN2C(=O)C(N)CCc2ccccc2)cc1. The molecular weight excluding hydrogens is 402 g/mol.